The van der Waals surface area contributed by atoms with Crippen LogP contribution in [0.1, 0.15) is 0 Å². The van der Waals surface area contributed by atoms with Crippen LogP contribution in [0.5, 0.6) is 0 Å². The molecule has 3 rings (SSSR count). The monoisotopic (exact) mass is 261 g/mol. The summed E-state index contributed by atoms with van der Waals surface area (Å²) in [5.41, 5.74) is 2.47. The second-order valence-electron chi connectivity index (χ2n) is 4.11. The summed E-state index contributed by atoms with van der Waals surface area (Å²) in [7, 11) is 0. The smallest absolute Gasteiger partial charge is 0.243 e. The number of aromatic nitrogens is 5. The zero-order valence-corrected chi connectivity index (χ0v) is 10.3. The van der Waals surface area contributed by atoms with Crippen LogP contribution in [0.2, 0.25) is 0 Å². The number of nitrogen functional groups attached to an aromatic ring is 1. The molecule has 1 saturated heterocycles. The van der Waals surface area contributed by atoms with E-state index in [1.165, 1.54) is 0 Å². The molecule has 9 heteroatoms. The zero-order chi connectivity index (χ0) is 13.1. The summed E-state index contributed by atoms with van der Waals surface area (Å²) in [5, 5.41) is 3.29. The van der Waals surface area contributed by atoms with Gasteiger partial charge in [0.1, 0.15) is 6.33 Å². The van der Waals surface area contributed by atoms with Crippen molar-refractivity contribution in [1.82, 2.24) is 29.8 Å². The molecular formula is C10H15N9. The van der Waals surface area contributed by atoms with Gasteiger partial charge in [-0.25, -0.2) is 10.8 Å². The Balaban J connectivity index is 1.97. The summed E-state index contributed by atoms with van der Waals surface area (Å²) in [6, 6.07) is 0. The van der Waals surface area contributed by atoms with Gasteiger partial charge in [-0.15, -0.1) is 0 Å². The Kier molecular flexibility index (Phi) is 3.21. The summed E-state index contributed by atoms with van der Waals surface area (Å²) >= 11 is 0. The fourth-order valence-corrected chi connectivity index (χ4v) is 1.92. The first-order valence-electron chi connectivity index (χ1n) is 6.03. The molecule has 0 spiro atoms. The average molecular weight is 261 g/mol. The third kappa shape index (κ3) is 2.46. The van der Waals surface area contributed by atoms with Crippen molar-refractivity contribution in [3.8, 4) is 5.95 Å². The first kappa shape index (κ1) is 11.8. The van der Waals surface area contributed by atoms with Crippen LogP contribution in [-0.4, -0.2) is 50.7 Å². The van der Waals surface area contributed by atoms with Gasteiger partial charge in [-0.1, -0.05) is 0 Å². The number of nitrogens with zero attached hydrogens (tertiary/aromatic N) is 6. The Labute approximate surface area is 109 Å². The highest BCUT2D eigenvalue weighted by atomic mass is 15.4. The fraction of sp³-hybridized carbons (Fsp3) is 0.400. The largest absolute Gasteiger partial charge is 0.338 e. The highest BCUT2D eigenvalue weighted by Crippen LogP contribution is 2.13. The summed E-state index contributed by atoms with van der Waals surface area (Å²) in [6.45, 7) is 3.55. The van der Waals surface area contributed by atoms with E-state index in [0.29, 0.717) is 17.8 Å². The van der Waals surface area contributed by atoms with Gasteiger partial charge < -0.3 is 10.2 Å². The molecule has 0 radical (unpaired) electrons. The number of hydrazine groups is 1. The van der Waals surface area contributed by atoms with E-state index in [1.807, 2.05) is 0 Å². The first-order valence-corrected chi connectivity index (χ1v) is 6.03. The number of hydrogen-bond donors (Lipinski definition) is 3. The topological polar surface area (TPSA) is 110 Å². The normalized spacial score (nSPS) is 15.5. The predicted octanol–water partition coefficient (Wildman–Crippen LogP) is -1.25. The molecule has 9 nitrogen and oxygen atoms in total. The third-order valence-electron chi connectivity index (χ3n) is 2.88. The molecule has 0 atom stereocenters. The third-order valence-corrected chi connectivity index (χ3v) is 2.88. The molecule has 2 aromatic heterocycles. The number of anilines is 2. The maximum Gasteiger partial charge on any atom is 0.243 e. The molecule has 3 heterocycles. The Morgan fingerprint density at radius 2 is 1.95 bits per heavy atom. The van der Waals surface area contributed by atoms with Crippen LogP contribution in [0.3, 0.4) is 0 Å². The van der Waals surface area contributed by atoms with Crippen molar-refractivity contribution in [2.45, 2.75) is 0 Å². The van der Waals surface area contributed by atoms with Crippen molar-refractivity contribution < 1.29 is 0 Å². The van der Waals surface area contributed by atoms with Crippen molar-refractivity contribution in [2.75, 3.05) is 36.5 Å². The Hall–Kier alpha value is -2.26. The van der Waals surface area contributed by atoms with E-state index >= 15 is 0 Å². The van der Waals surface area contributed by atoms with Crippen molar-refractivity contribution in [3.63, 3.8) is 0 Å². The van der Waals surface area contributed by atoms with Gasteiger partial charge in [0.2, 0.25) is 17.8 Å². The molecule has 1 aliphatic rings. The minimum atomic E-state index is 0.340. The van der Waals surface area contributed by atoms with E-state index in [0.717, 1.165) is 26.2 Å². The molecule has 0 saturated carbocycles. The van der Waals surface area contributed by atoms with Crippen molar-refractivity contribution in [1.29, 1.82) is 0 Å². The number of nitrogens with two attached hydrogens (primary N) is 1. The van der Waals surface area contributed by atoms with E-state index in [4.69, 9.17) is 5.84 Å². The molecule has 0 aromatic carbocycles. The molecule has 1 aliphatic heterocycles. The average Bonchev–Trinajstić information content (AvgIpc) is 3.02. The lowest BCUT2D eigenvalue weighted by molar-refractivity contribution is 0.578. The van der Waals surface area contributed by atoms with Gasteiger partial charge in [-0.3, -0.25) is 9.99 Å². The van der Waals surface area contributed by atoms with E-state index in [1.54, 1.807) is 23.3 Å². The SMILES string of the molecule is NNc1nc(N2CCNCC2)nc(-n2ccnc2)n1. The van der Waals surface area contributed by atoms with Crippen molar-refractivity contribution >= 4 is 11.9 Å². The number of imidazole rings is 1. The maximum atomic E-state index is 5.41. The Bertz CT molecular complexity index is 532. The second-order valence-corrected chi connectivity index (χ2v) is 4.11. The van der Waals surface area contributed by atoms with E-state index in [2.05, 4.69) is 35.6 Å². The van der Waals surface area contributed by atoms with Crippen molar-refractivity contribution in [2.24, 2.45) is 5.84 Å². The van der Waals surface area contributed by atoms with Crippen LogP contribution in [0.25, 0.3) is 5.95 Å². The van der Waals surface area contributed by atoms with Crippen molar-refractivity contribution in [3.05, 3.63) is 18.7 Å². The van der Waals surface area contributed by atoms with Crippen LogP contribution in [0.4, 0.5) is 11.9 Å². The molecule has 4 N–H and O–H groups in total. The Morgan fingerprint density at radius 1 is 1.16 bits per heavy atom. The summed E-state index contributed by atoms with van der Waals surface area (Å²) in [4.78, 5) is 19.0. The molecule has 0 amide bonds. The quantitative estimate of drug-likeness (QED) is 0.464. The summed E-state index contributed by atoms with van der Waals surface area (Å²) < 4.78 is 1.72. The van der Waals surface area contributed by atoms with Crippen LogP contribution < -0.4 is 21.5 Å². The van der Waals surface area contributed by atoms with Crippen LogP contribution in [0, 0.1) is 0 Å². The van der Waals surface area contributed by atoms with Gasteiger partial charge in [0, 0.05) is 38.6 Å². The molecule has 0 unspecified atom stereocenters. The lowest BCUT2D eigenvalue weighted by atomic mass is 10.4. The van der Waals surface area contributed by atoms with Gasteiger partial charge >= 0.3 is 0 Å². The van der Waals surface area contributed by atoms with Crippen LogP contribution >= 0.6 is 0 Å². The minimum Gasteiger partial charge on any atom is -0.338 e. The molecule has 19 heavy (non-hydrogen) atoms. The van der Waals surface area contributed by atoms with Gasteiger partial charge in [0.05, 0.1) is 0 Å². The number of piperazine rings is 1. The van der Waals surface area contributed by atoms with Gasteiger partial charge in [-0.05, 0) is 0 Å². The molecule has 0 bridgehead atoms. The molecule has 100 valence electrons. The van der Waals surface area contributed by atoms with E-state index in [-0.39, 0.29) is 0 Å². The maximum absolute atomic E-state index is 5.41. The van der Waals surface area contributed by atoms with Gasteiger partial charge in [0.15, 0.2) is 0 Å². The molecule has 2 aromatic rings. The lowest BCUT2D eigenvalue weighted by Crippen LogP contribution is -2.44. The van der Waals surface area contributed by atoms with E-state index < -0.39 is 0 Å². The van der Waals surface area contributed by atoms with Gasteiger partial charge in [0.25, 0.3) is 0 Å². The zero-order valence-electron chi connectivity index (χ0n) is 10.3. The summed E-state index contributed by atoms with van der Waals surface area (Å²) in [5.74, 6) is 6.87. The standard InChI is InChI=1S/C10H15N9/c11-17-8-14-9(18-4-1-12-2-5-18)16-10(15-8)19-6-3-13-7-19/h3,6-7,12H,1-2,4-5,11H2,(H,14,15,16,17). The first-order chi connectivity index (χ1) is 9.36. The number of hydrogen-bond acceptors (Lipinski definition) is 8. The molecule has 0 aliphatic carbocycles. The predicted molar refractivity (Wildman–Crippen MR) is 69.8 cm³/mol. The van der Waals surface area contributed by atoms with Gasteiger partial charge in [-0.2, -0.15) is 15.0 Å². The lowest BCUT2D eigenvalue weighted by Gasteiger charge is -2.27. The molecular weight excluding hydrogens is 246 g/mol. The Morgan fingerprint density at radius 3 is 2.63 bits per heavy atom. The van der Waals surface area contributed by atoms with Crippen LogP contribution in [0.15, 0.2) is 18.7 Å². The fourth-order valence-electron chi connectivity index (χ4n) is 1.92. The number of nitrogens with one attached hydrogen (secondary N) is 2. The second kappa shape index (κ2) is 5.16. The highest BCUT2D eigenvalue weighted by Gasteiger charge is 2.16. The highest BCUT2D eigenvalue weighted by molar-refractivity contribution is 5.40. The number of rotatable bonds is 3. The van der Waals surface area contributed by atoms with Crippen LogP contribution in [-0.2, 0) is 0 Å². The minimum absolute atomic E-state index is 0.340. The van der Waals surface area contributed by atoms with E-state index in [9.17, 15) is 0 Å². The summed E-state index contributed by atoms with van der Waals surface area (Å²) in [6.07, 6.45) is 5.08. The molecule has 1 fully saturated rings.